The molecule has 46 heavy (non-hydrogen) atoms. The van der Waals surface area contributed by atoms with E-state index in [4.69, 9.17) is 4.98 Å². The van der Waals surface area contributed by atoms with Crippen molar-refractivity contribution >= 4 is 32.7 Å². The number of rotatable bonds is 6. The highest BCUT2D eigenvalue weighted by molar-refractivity contribution is 7.90. The molecule has 0 N–H and O–H groups in total. The molecular formula is C37H39N5O3S. The average Bonchev–Trinajstić information content (AvgIpc) is 3.43. The minimum Gasteiger partial charge on any atom is -0.370 e. The van der Waals surface area contributed by atoms with E-state index in [9.17, 15) is 13.2 Å². The number of hydrogen-bond acceptors (Lipinski definition) is 6. The van der Waals surface area contributed by atoms with E-state index in [0.717, 1.165) is 46.3 Å². The summed E-state index contributed by atoms with van der Waals surface area (Å²) in [7, 11) is 1.74. The van der Waals surface area contributed by atoms with Gasteiger partial charge >= 0.3 is 0 Å². The van der Waals surface area contributed by atoms with Gasteiger partial charge in [0.2, 0.25) is 0 Å². The number of piperidine rings is 1. The highest BCUT2D eigenvalue weighted by Crippen LogP contribution is 2.41. The summed E-state index contributed by atoms with van der Waals surface area (Å²) in [4.78, 5) is 23.9. The Morgan fingerprint density at radius 3 is 2.20 bits per heavy atom. The van der Waals surface area contributed by atoms with E-state index in [0.29, 0.717) is 16.6 Å². The monoisotopic (exact) mass is 633 g/mol. The molecule has 0 aliphatic carbocycles. The molecule has 0 radical (unpaired) electrons. The number of fused-ring (bicyclic) bond motifs is 1. The van der Waals surface area contributed by atoms with Crippen molar-refractivity contribution in [3.63, 3.8) is 0 Å². The van der Waals surface area contributed by atoms with Gasteiger partial charge in [-0.2, -0.15) is 0 Å². The third-order valence-corrected chi connectivity index (χ3v) is 11.2. The second kappa shape index (κ2) is 11.4. The molecular weight excluding hydrogens is 595 g/mol. The summed E-state index contributed by atoms with van der Waals surface area (Å²) in [5.41, 5.74) is 6.97. The van der Waals surface area contributed by atoms with E-state index in [1.165, 1.54) is 40.5 Å². The number of benzene rings is 3. The molecule has 2 aromatic heterocycles. The molecule has 4 heterocycles. The van der Waals surface area contributed by atoms with Crippen LogP contribution in [0.3, 0.4) is 0 Å². The highest BCUT2D eigenvalue weighted by atomic mass is 32.2. The Bertz CT molecular complexity index is 2030. The SMILES string of the molecule is Cc1ccc(S(=O)(=O)n2cc(-c3ccc(C(=O)N(C)C)cc3)c3cc(-c4ccc(N5CC6(CCCN(C)C6)C5)cc4)cnc32)cc1. The van der Waals surface area contributed by atoms with Gasteiger partial charge in [0.15, 0.2) is 5.65 Å². The Kier molecular flexibility index (Phi) is 7.48. The van der Waals surface area contributed by atoms with E-state index in [1.54, 1.807) is 62.9 Å². The maximum atomic E-state index is 13.9. The van der Waals surface area contributed by atoms with Crippen LogP contribution in [0.1, 0.15) is 28.8 Å². The maximum Gasteiger partial charge on any atom is 0.269 e. The van der Waals surface area contributed by atoms with Gasteiger partial charge in [-0.25, -0.2) is 17.4 Å². The smallest absolute Gasteiger partial charge is 0.269 e. The van der Waals surface area contributed by atoms with Crippen LogP contribution in [-0.2, 0) is 10.0 Å². The fourth-order valence-electron chi connectivity index (χ4n) is 7.05. The highest BCUT2D eigenvalue weighted by Gasteiger charge is 2.44. The number of carbonyl (C=O) groups is 1. The molecule has 9 heteroatoms. The largest absolute Gasteiger partial charge is 0.370 e. The van der Waals surface area contributed by atoms with Gasteiger partial charge in [0.05, 0.1) is 4.90 Å². The molecule has 8 nitrogen and oxygen atoms in total. The lowest BCUT2D eigenvalue weighted by molar-refractivity contribution is 0.0784. The molecule has 2 fully saturated rings. The van der Waals surface area contributed by atoms with E-state index in [1.807, 2.05) is 25.1 Å². The van der Waals surface area contributed by atoms with E-state index < -0.39 is 10.0 Å². The Balaban J connectivity index is 1.25. The van der Waals surface area contributed by atoms with Crippen molar-refractivity contribution < 1.29 is 13.2 Å². The van der Waals surface area contributed by atoms with E-state index in [2.05, 4.69) is 41.1 Å². The van der Waals surface area contributed by atoms with Crippen molar-refractivity contribution in [3.8, 4) is 22.3 Å². The fourth-order valence-corrected chi connectivity index (χ4v) is 8.37. The number of nitrogens with zero attached hydrogens (tertiary/aromatic N) is 5. The van der Waals surface area contributed by atoms with Crippen LogP contribution in [0, 0.1) is 12.3 Å². The molecule has 2 saturated heterocycles. The number of amides is 1. The van der Waals surface area contributed by atoms with Gasteiger partial charge in [0.25, 0.3) is 15.9 Å². The van der Waals surface area contributed by atoms with Crippen LogP contribution in [-0.4, -0.2) is 80.4 Å². The second-order valence-electron chi connectivity index (χ2n) is 13.3. The summed E-state index contributed by atoms with van der Waals surface area (Å²) in [5.74, 6) is -0.0946. The molecule has 1 spiro atoms. The first kappa shape index (κ1) is 30.2. The quantitative estimate of drug-likeness (QED) is 0.223. The average molecular weight is 634 g/mol. The number of likely N-dealkylation sites (tertiary alicyclic amines) is 1. The maximum absolute atomic E-state index is 13.9. The fraction of sp³-hybridized carbons (Fsp3) is 0.297. The van der Waals surface area contributed by atoms with Gasteiger partial charge in [-0.05, 0) is 86.9 Å². The summed E-state index contributed by atoms with van der Waals surface area (Å²) in [5, 5.41) is 0.718. The Morgan fingerprint density at radius 2 is 1.54 bits per heavy atom. The first-order chi connectivity index (χ1) is 22.0. The molecule has 3 aromatic carbocycles. The van der Waals surface area contributed by atoms with Crippen LogP contribution < -0.4 is 4.90 Å². The second-order valence-corrected chi connectivity index (χ2v) is 15.1. The van der Waals surface area contributed by atoms with Crippen LogP contribution in [0.15, 0.2) is 96.2 Å². The minimum atomic E-state index is -3.92. The number of aromatic nitrogens is 2. The van der Waals surface area contributed by atoms with Gasteiger partial charge in [-0.3, -0.25) is 4.79 Å². The molecule has 1 amide bonds. The zero-order valence-corrected chi connectivity index (χ0v) is 27.6. The third kappa shape index (κ3) is 5.37. The van der Waals surface area contributed by atoms with Gasteiger partial charge in [0.1, 0.15) is 0 Å². The molecule has 2 aliphatic heterocycles. The van der Waals surface area contributed by atoms with E-state index >= 15 is 0 Å². The molecule has 0 bridgehead atoms. The van der Waals surface area contributed by atoms with Crippen molar-refractivity contribution in [3.05, 3.63) is 102 Å². The van der Waals surface area contributed by atoms with Crippen molar-refractivity contribution in [2.24, 2.45) is 5.41 Å². The van der Waals surface area contributed by atoms with Crippen molar-refractivity contribution in [2.45, 2.75) is 24.7 Å². The molecule has 0 atom stereocenters. The van der Waals surface area contributed by atoms with Crippen LogP contribution >= 0.6 is 0 Å². The van der Waals surface area contributed by atoms with Crippen molar-refractivity contribution in [1.29, 1.82) is 0 Å². The lowest BCUT2D eigenvalue weighted by Crippen LogP contribution is -2.62. The van der Waals surface area contributed by atoms with Crippen LogP contribution in [0.2, 0.25) is 0 Å². The standard InChI is InChI=1S/C37H39N5O3S/c1-26-6-16-32(17-7-26)46(44,45)42-22-34(28-8-10-29(11-9-28)36(43)39(2)3)33-20-30(21-38-35(33)42)27-12-14-31(15-13-27)41-24-37(25-41)18-5-19-40(4)23-37/h6-17,20-22H,5,18-19,23-25H2,1-4H3. The lowest BCUT2D eigenvalue weighted by Gasteiger charge is -2.55. The Labute approximate surface area is 270 Å². The number of anilines is 1. The predicted octanol–water partition coefficient (Wildman–Crippen LogP) is 6.15. The van der Waals surface area contributed by atoms with Crippen molar-refractivity contribution in [1.82, 2.24) is 18.8 Å². The normalized spacial score (nSPS) is 16.5. The van der Waals surface area contributed by atoms with E-state index in [-0.39, 0.29) is 10.8 Å². The first-order valence-corrected chi connectivity index (χ1v) is 17.2. The summed E-state index contributed by atoms with van der Waals surface area (Å²) in [6, 6.07) is 24.7. The van der Waals surface area contributed by atoms with Crippen LogP contribution in [0.5, 0.6) is 0 Å². The molecule has 0 saturated carbocycles. The first-order valence-electron chi connectivity index (χ1n) is 15.7. The molecule has 7 rings (SSSR count). The number of hydrogen-bond donors (Lipinski definition) is 0. The zero-order chi connectivity index (χ0) is 32.2. The Morgan fingerprint density at radius 1 is 0.870 bits per heavy atom. The molecule has 5 aromatic rings. The van der Waals surface area contributed by atoms with Gasteiger partial charge in [0, 0.05) is 79.3 Å². The lowest BCUT2D eigenvalue weighted by atomic mass is 9.73. The number of carbonyl (C=O) groups excluding carboxylic acids is 1. The summed E-state index contributed by atoms with van der Waals surface area (Å²) < 4.78 is 29.1. The predicted molar refractivity (Wildman–Crippen MR) is 184 cm³/mol. The topological polar surface area (TPSA) is 78.8 Å². The van der Waals surface area contributed by atoms with Gasteiger partial charge < -0.3 is 14.7 Å². The minimum absolute atomic E-state index is 0.0946. The van der Waals surface area contributed by atoms with Crippen molar-refractivity contribution in [2.75, 3.05) is 52.2 Å². The molecule has 2 aliphatic rings. The summed E-state index contributed by atoms with van der Waals surface area (Å²) >= 11 is 0. The van der Waals surface area contributed by atoms with Crippen LogP contribution in [0.4, 0.5) is 5.69 Å². The number of aryl methyl sites for hydroxylation is 1. The van der Waals surface area contributed by atoms with Gasteiger partial charge in [-0.1, -0.05) is 42.0 Å². The summed E-state index contributed by atoms with van der Waals surface area (Å²) in [6.07, 6.45) is 5.96. The molecule has 0 unspecified atom stereocenters. The summed E-state index contributed by atoms with van der Waals surface area (Å²) in [6.45, 7) is 6.48. The zero-order valence-electron chi connectivity index (χ0n) is 26.8. The Hall–Kier alpha value is -4.47. The number of pyridine rings is 1. The van der Waals surface area contributed by atoms with Gasteiger partial charge in [-0.15, -0.1) is 0 Å². The molecule has 236 valence electrons. The van der Waals surface area contributed by atoms with Crippen LogP contribution in [0.25, 0.3) is 33.3 Å². The third-order valence-electron chi connectivity index (χ3n) is 9.51.